The Hall–Kier alpha value is -2.84. The molecule has 0 fully saturated rings. The molecule has 2 atom stereocenters. The van der Waals surface area contributed by atoms with Gasteiger partial charge in [0, 0.05) is 0 Å². The van der Waals surface area contributed by atoms with Crippen LogP contribution in [0.1, 0.15) is 74.3 Å². The first-order valence-electron chi connectivity index (χ1n) is 12.1. The summed E-state index contributed by atoms with van der Waals surface area (Å²) in [5, 5.41) is 2.56. The van der Waals surface area contributed by atoms with E-state index in [1.807, 2.05) is 0 Å². The van der Waals surface area contributed by atoms with E-state index >= 15 is 0 Å². The number of ether oxygens (including phenoxy) is 4. The predicted molar refractivity (Wildman–Crippen MR) is 135 cm³/mol. The van der Waals surface area contributed by atoms with E-state index in [4.69, 9.17) is 18.9 Å². The third-order valence-corrected chi connectivity index (χ3v) is 4.39. The summed E-state index contributed by atoms with van der Waals surface area (Å²) >= 11 is 0. The third kappa shape index (κ3) is 13.3. The van der Waals surface area contributed by atoms with E-state index in [1.54, 1.807) is 86.6 Å². The molecule has 0 aromatic heterocycles. The van der Waals surface area contributed by atoms with Crippen molar-refractivity contribution in [1.82, 2.24) is 5.32 Å². The van der Waals surface area contributed by atoms with Crippen LogP contribution in [0.25, 0.3) is 0 Å². The fourth-order valence-corrected chi connectivity index (χ4v) is 3.13. The molecule has 0 aliphatic carbocycles. The zero-order valence-electron chi connectivity index (χ0n) is 23.0. The number of rotatable bonds is 10. The molecule has 1 unspecified atom stereocenters. The van der Waals surface area contributed by atoms with Crippen LogP contribution in [0.3, 0.4) is 0 Å². The third-order valence-electron chi connectivity index (χ3n) is 4.39. The normalized spacial score (nSPS) is 13.8. The Balaban J connectivity index is 3.21. The molecule has 1 N–H and O–H groups in total. The van der Waals surface area contributed by atoms with Crippen molar-refractivity contribution in [2.75, 3.05) is 13.3 Å². The topological polar surface area (TPSA) is 100 Å². The van der Waals surface area contributed by atoms with Gasteiger partial charge in [0.2, 0.25) is 0 Å². The molecule has 0 saturated carbocycles. The average Bonchev–Trinajstić information content (AvgIpc) is 2.68. The van der Waals surface area contributed by atoms with Gasteiger partial charge in [-0.3, -0.25) is 4.79 Å². The first kappa shape index (κ1) is 31.2. The molecule has 8 nitrogen and oxygen atoms in total. The van der Waals surface area contributed by atoms with Gasteiger partial charge in [-0.25, -0.2) is 14.0 Å². The van der Waals surface area contributed by atoms with Crippen LogP contribution in [0.15, 0.2) is 24.3 Å². The lowest BCUT2D eigenvalue weighted by molar-refractivity contribution is -0.162. The fourth-order valence-electron chi connectivity index (χ4n) is 3.13. The number of alkyl carbamates (subject to hydrolysis) is 1. The van der Waals surface area contributed by atoms with Crippen molar-refractivity contribution in [3.8, 4) is 5.75 Å². The quantitative estimate of drug-likeness (QED) is 0.343. The first-order valence-corrected chi connectivity index (χ1v) is 12.1. The maximum Gasteiger partial charge on any atom is 0.408 e. The highest BCUT2D eigenvalue weighted by atomic mass is 18.2. The Morgan fingerprint density at radius 2 is 1.31 bits per heavy atom. The number of carbonyl (C=O) groups is 3. The van der Waals surface area contributed by atoms with Gasteiger partial charge in [-0.05, 0) is 92.9 Å². The van der Waals surface area contributed by atoms with Crippen molar-refractivity contribution < 1.29 is 37.7 Å². The second-order valence-electron chi connectivity index (χ2n) is 11.6. The van der Waals surface area contributed by atoms with Gasteiger partial charge < -0.3 is 24.3 Å². The molecule has 1 aromatic carbocycles. The summed E-state index contributed by atoms with van der Waals surface area (Å²) in [6.07, 6.45) is -0.632. The number of nitrogens with one attached hydrogen (secondary N) is 1. The van der Waals surface area contributed by atoms with Crippen LogP contribution in [-0.2, 0) is 30.2 Å². The van der Waals surface area contributed by atoms with E-state index in [9.17, 15) is 18.8 Å². The monoisotopic (exact) mass is 510 g/mol. The second kappa shape index (κ2) is 12.9. The van der Waals surface area contributed by atoms with Gasteiger partial charge in [-0.2, -0.15) is 0 Å². The van der Waals surface area contributed by atoms with E-state index in [2.05, 4.69) is 5.32 Å². The van der Waals surface area contributed by atoms with Gasteiger partial charge >= 0.3 is 18.0 Å². The minimum absolute atomic E-state index is 0.0478. The molecule has 36 heavy (non-hydrogen) atoms. The smallest absolute Gasteiger partial charge is 0.408 e. The molecular formula is C27H42FNO7. The summed E-state index contributed by atoms with van der Waals surface area (Å²) in [4.78, 5) is 38.7. The molecule has 0 bridgehead atoms. The van der Waals surface area contributed by atoms with Crippen molar-refractivity contribution in [3.63, 3.8) is 0 Å². The number of amides is 1. The lowest BCUT2D eigenvalue weighted by atomic mass is 9.92. The van der Waals surface area contributed by atoms with Crippen LogP contribution < -0.4 is 10.1 Å². The Morgan fingerprint density at radius 3 is 1.78 bits per heavy atom. The maximum atomic E-state index is 13.1. The van der Waals surface area contributed by atoms with Crippen LogP contribution >= 0.6 is 0 Å². The van der Waals surface area contributed by atoms with Crippen LogP contribution in [-0.4, -0.2) is 54.2 Å². The largest absolute Gasteiger partial charge is 0.491 e. The number of hydrogen-bond donors (Lipinski definition) is 1. The van der Waals surface area contributed by atoms with Crippen molar-refractivity contribution >= 4 is 18.0 Å². The molecule has 1 amide bonds. The molecule has 1 aromatic rings. The van der Waals surface area contributed by atoms with Gasteiger partial charge in [0.15, 0.2) is 0 Å². The summed E-state index contributed by atoms with van der Waals surface area (Å²) < 4.78 is 34.1. The molecule has 0 heterocycles. The number of halogens is 1. The molecular weight excluding hydrogens is 468 g/mol. The zero-order chi connectivity index (χ0) is 27.7. The fraction of sp³-hybridized carbons (Fsp3) is 0.667. The van der Waals surface area contributed by atoms with E-state index in [0.717, 1.165) is 5.56 Å². The summed E-state index contributed by atoms with van der Waals surface area (Å²) in [5.74, 6) is -1.48. The first-order chi connectivity index (χ1) is 16.4. The minimum Gasteiger partial charge on any atom is -0.491 e. The van der Waals surface area contributed by atoms with Crippen LogP contribution in [0, 0.1) is 5.92 Å². The predicted octanol–water partition coefficient (Wildman–Crippen LogP) is 5.16. The van der Waals surface area contributed by atoms with E-state index < -0.39 is 53.5 Å². The average molecular weight is 511 g/mol. The lowest BCUT2D eigenvalue weighted by Crippen LogP contribution is -2.48. The van der Waals surface area contributed by atoms with Crippen molar-refractivity contribution in [2.24, 2.45) is 5.92 Å². The molecule has 204 valence electrons. The van der Waals surface area contributed by atoms with Gasteiger partial charge in [-0.1, -0.05) is 12.1 Å². The van der Waals surface area contributed by atoms with Crippen molar-refractivity contribution in [2.45, 2.75) is 98.0 Å². The highest BCUT2D eigenvalue weighted by Crippen LogP contribution is 2.23. The van der Waals surface area contributed by atoms with Crippen molar-refractivity contribution in [3.05, 3.63) is 29.8 Å². The van der Waals surface area contributed by atoms with Gasteiger partial charge in [0.1, 0.15) is 41.9 Å². The Labute approximate surface area is 214 Å². The van der Waals surface area contributed by atoms with E-state index in [-0.39, 0.29) is 19.4 Å². The summed E-state index contributed by atoms with van der Waals surface area (Å²) in [6.45, 7) is 14.9. The van der Waals surface area contributed by atoms with Crippen LogP contribution in [0.2, 0.25) is 0 Å². The molecule has 0 aliphatic heterocycles. The molecule has 1 rings (SSSR count). The lowest BCUT2D eigenvalue weighted by Gasteiger charge is -2.29. The van der Waals surface area contributed by atoms with Crippen molar-refractivity contribution in [1.29, 1.82) is 0 Å². The second-order valence-corrected chi connectivity index (χ2v) is 11.6. The summed E-state index contributed by atoms with van der Waals surface area (Å²) in [7, 11) is 0. The number of hydrogen-bond acceptors (Lipinski definition) is 7. The number of carbonyl (C=O) groups excluding carboxylic acids is 3. The van der Waals surface area contributed by atoms with Gasteiger partial charge in [0.05, 0.1) is 5.92 Å². The van der Waals surface area contributed by atoms with Crippen LogP contribution in [0.5, 0.6) is 5.75 Å². The summed E-state index contributed by atoms with van der Waals surface area (Å²) in [6, 6.07) is 5.73. The molecule has 0 aliphatic rings. The van der Waals surface area contributed by atoms with E-state index in [0.29, 0.717) is 5.75 Å². The van der Waals surface area contributed by atoms with Crippen LogP contribution in [0.4, 0.5) is 9.18 Å². The van der Waals surface area contributed by atoms with E-state index in [1.165, 1.54) is 0 Å². The molecule has 0 radical (unpaired) electrons. The standard InChI is InChI=1S/C27H42FNO7/c1-25(2,3)34-22(30)19(16-18-10-12-20(13-11-18)33-15-14-28)17-21(23(31)35-26(4,5)6)29-24(32)36-27(7,8)9/h10-13,19,21H,14-17H2,1-9H3,(H,29,32)/t19?,21-/m0/s1/i28-1. The zero-order valence-corrected chi connectivity index (χ0v) is 23.0. The number of benzene rings is 1. The minimum atomic E-state index is -1.15. The Morgan fingerprint density at radius 1 is 0.806 bits per heavy atom. The summed E-state index contributed by atoms with van der Waals surface area (Å²) in [5.41, 5.74) is -1.56. The Bertz CT molecular complexity index is 864. The number of alkyl halides is 1. The van der Waals surface area contributed by atoms with Gasteiger partial charge in [-0.15, -0.1) is 0 Å². The molecule has 0 spiro atoms. The highest BCUT2D eigenvalue weighted by Gasteiger charge is 2.35. The Kier molecular flexibility index (Phi) is 11.2. The highest BCUT2D eigenvalue weighted by molar-refractivity contribution is 5.83. The SMILES string of the molecule is CC(C)(C)OC(=O)N[C@@H](CC(Cc1ccc(OCC[18F])cc1)C(=O)OC(C)(C)C)C(=O)OC(C)(C)C. The molecule has 9 heteroatoms. The molecule has 0 saturated heterocycles. The van der Waals surface area contributed by atoms with Gasteiger partial charge in [0.25, 0.3) is 0 Å². The number of esters is 2. The maximum absolute atomic E-state index is 13.1.